The lowest BCUT2D eigenvalue weighted by Gasteiger charge is -2.19. The van der Waals surface area contributed by atoms with Crippen LogP contribution in [0, 0.1) is 11.6 Å². The highest BCUT2D eigenvalue weighted by molar-refractivity contribution is 5.23. The summed E-state index contributed by atoms with van der Waals surface area (Å²) in [6, 6.07) is 3.94. The van der Waals surface area contributed by atoms with Crippen molar-refractivity contribution in [3.63, 3.8) is 0 Å². The van der Waals surface area contributed by atoms with Crippen molar-refractivity contribution in [3.05, 3.63) is 47.5 Å². The molecule has 0 radical (unpaired) electrons. The number of aromatic nitrogens is 3. The molecule has 0 amide bonds. The van der Waals surface area contributed by atoms with Crippen LogP contribution in [0.4, 0.5) is 8.78 Å². The molecule has 1 aromatic heterocycles. The highest BCUT2D eigenvalue weighted by atomic mass is 19.2. The molecule has 114 valence electrons. The summed E-state index contributed by atoms with van der Waals surface area (Å²) in [6.07, 6.45) is 2.86. The predicted molar refractivity (Wildman–Crippen MR) is 76.8 cm³/mol. The van der Waals surface area contributed by atoms with Crippen molar-refractivity contribution in [2.75, 3.05) is 6.54 Å². The van der Waals surface area contributed by atoms with E-state index in [0.29, 0.717) is 18.5 Å². The first kappa shape index (κ1) is 15.6. The zero-order chi connectivity index (χ0) is 15.2. The van der Waals surface area contributed by atoms with Gasteiger partial charge in [0.15, 0.2) is 11.6 Å². The van der Waals surface area contributed by atoms with E-state index in [1.807, 2.05) is 13.8 Å². The van der Waals surface area contributed by atoms with E-state index in [1.54, 1.807) is 10.7 Å². The van der Waals surface area contributed by atoms with Crippen LogP contribution in [-0.2, 0) is 13.0 Å². The van der Waals surface area contributed by atoms with Gasteiger partial charge in [-0.3, -0.25) is 4.68 Å². The summed E-state index contributed by atoms with van der Waals surface area (Å²) in [6.45, 7) is 5.41. The molecule has 1 unspecified atom stereocenters. The molecule has 1 atom stereocenters. The molecule has 0 aliphatic rings. The molecule has 0 spiro atoms. The van der Waals surface area contributed by atoms with Crippen molar-refractivity contribution in [1.29, 1.82) is 0 Å². The summed E-state index contributed by atoms with van der Waals surface area (Å²) in [4.78, 5) is 4.21. The van der Waals surface area contributed by atoms with Crippen LogP contribution in [0.2, 0.25) is 0 Å². The monoisotopic (exact) mass is 294 g/mol. The van der Waals surface area contributed by atoms with Gasteiger partial charge in [-0.2, -0.15) is 5.10 Å². The van der Waals surface area contributed by atoms with E-state index < -0.39 is 11.6 Å². The van der Waals surface area contributed by atoms with E-state index in [4.69, 9.17) is 0 Å². The number of aryl methyl sites for hydroxylation is 1. The Hall–Kier alpha value is -1.82. The Morgan fingerprint density at radius 1 is 1.29 bits per heavy atom. The van der Waals surface area contributed by atoms with Crippen LogP contribution in [0.3, 0.4) is 0 Å². The normalized spacial score (nSPS) is 12.6. The minimum atomic E-state index is -0.826. The average molecular weight is 294 g/mol. The second kappa shape index (κ2) is 7.26. The average Bonchev–Trinajstić information content (AvgIpc) is 2.93. The lowest BCUT2D eigenvalue weighted by Crippen LogP contribution is -2.26. The van der Waals surface area contributed by atoms with Crippen LogP contribution in [0.1, 0.15) is 37.7 Å². The summed E-state index contributed by atoms with van der Waals surface area (Å²) in [5.41, 5.74) is 0.328. The van der Waals surface area contributed by atoms with Crippen molar-refractivity contribution >= 4 is 0 Å². The topological polar surface area (TPSA) is 42.7 Å². The molecule has 4 nitrogen and oxygen atoms in total. The van der Waals surface area contributed by atoms with E-state index in [1.165, 1.54) is 12.4 Å². The number of benzene rings is 1. The molecule has 2 aromatic rings. The van der Waals surface area contributed by atoms with Gasteiger partial charge in [-0.25, -0.2) is 13.8 Å². The molecular weight excluding hydrogens is 274 g/mol. The first-order valence-corrected chi connectivity index (χ1v) is 7.21. The minimum absolute atomic E-state index is 0.324. The van der Waals surface area contributed by atoms with Crippen LogP contribution >= 0.6 is 0 Å². The fourth-order valence-corrected chi connectivity index (χ4v) is 2.29. The van der Waals surface area contributed by atoms with Gasteiger partial charge in [-0.05, 0) is 26.0 Å². The zero-order valence-corrected chi connectivity index (χ0v) is 12.3. The maximum absolute atomic E-state index is 14.0. The Labute approximate surface area is 123 Å². The summed E-state index contributed by atoms with van der Waals surface area (Å²) in [7, 11) is 0. The van der Waals surface area contributed by atoms with Gasteiger partial charge in [-0.15, -0.1) is 0 Å². The Morgan fingerprint density at radius 2 is 2.10 bits per heavy atom. The van der Waals surface area contributed by atoms with Crippen molar-refractivity contribution in [2.24, 2.45) is 0 Å². The van der Waals surface area contributed by atoms with Gasteiger partial charge >= 0.3 is 0 Å². The lowest BCUT2D eigenvalue weighted by atomic mass is 10.0. The molecule has 21 heavy (non-hydrogen) atoms. The zero-order valence-electron chi connectivity index (χ0n) is 12.3. The Balaban J connectivity index is 2.28. The minimum Gasteiger partial charge on any atom is -0.309 e. The molecule has 1 aromatic carbocycles. The lowest BCUT2D eigenvalue weighted by molar-refractivity contribution is 0.448. The Kier molecular flexibility index (Phi) is 5.38. The Bertz CT molecular complexity index is 583. The molecule has 1 N–H and O–H groups in total. The van der Waals surface area contributed by atoms with Gasteiger partial charge in [0.25, 0.3) is 0 Å². The van der Waals surface area contributed by atoms with Gasteiger partial charge in [-0.1, -0.05) is 19.1 Å². The van der Waals surface area contributed by atoms with Crippen LogP contribution in [-0.4, -0.2) is 21.3 Å². The van der Waals surface area contributed by atoms with Crippen LogP contribution in [0.25, 0.3) is 0 Å². The van der Waals surface area contributed by atoms with Gasteiger partial charge < -0.3 is 5.32 Å². The molecule has 2 rings (SSSR count). The molecule has 6 heteroatoms. The third-order valence-corrected chi connectivity index (χ3v) is 3.38. The SMILES string of the molecule is CCCNC(Cc1ncnn1CC)c1cccc(F)c1F. The van der Waals surface area contributed by atoms with Crippen molar-refractivity contribution < 1.29 is 8.78 Å². The van der Waals surface area contributed by atoms with Crippen molar-refractivity contribution in [3.8, 4) is 0 Å². The van der Waals surface area contributed by atoms with Gasteiger partial charge in [0, 0.05) is 24.6 Å². The second-order valence-corrected chi connectivity index (χ2v) is 4.85. The van der Waals surface area contributed by atoms with E-state index in [0.717, 1.165) is 24.9 Å². The van der Waals surface area contributed by atoms with Gasteiger partial charge in [0.1, 0.15) is 12.2 Å². The molecule has 0 fully saturated rings. The Morgan fingerprint density at radius 3 is 2.81 bits per heavy atom. The third-order valence-electron chi connectivity index (χ3n) is 3.38. The van der Waals surface area contributed by atoms with Crippen LogP contribution in [0.15, 0.2) is 24.5 Å². The standard InChI is InChI=1S/C15H20F2N4/c1-3-8-18-13(9-14-19-10-20-21(14)4-2)11-6-5-7-12(16)15(11)17/h5-7,10,13,18H,3-4,8-9H2,1-2H3. The molecular formula is C15H20F2N4. The molecule has 1 heterocycles. The quantitative estimate of drug-likeness (QED) is 0.854. The first-order chi connectivity index (χ1) is 10.2. The number of halogens is 2. The highest BCUT2D eigenvalue weighted by Gasteiger charge is 2.20. The number of nitrogens with zero attached hydrogens (tertiary/aromatic N) is 3. The largest absolute Gasteiger partial charge is 0.309 e. The maximum atomic E-state index is 14.0. The number of hydrogen-bond donors (Lipinski definition) is 1. The van der Waals surface area contributed by atoms with Crippen molar-refractivity contribution in [1.82, 2.24) is 20.1 Å². The van der Waals surface area contributed by atoms with Crippen LogP contribution in [0.5, 0.6) is 0 Å². The van der Waals surface area contributed by atoms with Crippen LogP contribution < -0.4 is 5.32 Å². The maximum Gasteiger partial charge on any atom is 0.163 e. The van der Waals surface area contributed by atoms with Gasteiger partial charge in [0.05, 0.1) is 0 Å². The van der Waals surface area contributed by atoms with Gasteiger partial charge in [0.2, 0.25) is 0 Å². The molecule has 0 saturated heterocycles. The fourth-order valence-electron chi connectivity index (χ4n) is 2.29. The summed E-state index contributed by atoms with van der Waals surface area (Å²) in [5.74, 6) is -0.865. The highest BCUT2D eigenvalue weighted by Crippen LogP contribution is 2.22. The summed E-state index contributed by atoms with van der Waals surface area (Å²) in [5, 5.41) is 7.37. The second-order valence-electron chi connectivity index (χ2n) is 4.85. The third kappa shape index (κ3) is 3.64. The number of nitrogens with one attached hydrogen (secondary N) is 1. The van der Waals surface area contributed by atoms with E-state index in [2.05, 4.69) is 15.4 Å². The first-order valence-electron chi connectivity index (χ1n) is 7.21. The van der Waals surface area contributed by atoms with E-state index >= 15 is 0 Å². The fraction of sp³-hybridized carbons (Fsp3) is 0.467. The molecule has 0 bridgehead atoms. The molecule has 0 aliphatic heterocycles. The van der Waals surface area contributed by atoms with E-state index in [9.17, 15) is 8.78 Å². The summed E-state index contributed by atoms with van der Waals surface area (Å²) < 4.78 is 29.2. The van der Waals surface area contributed by atoms with E-state index in [-0.39, 0.29) is 6.04 Å². The number of rotatable bonds is 7. The number of hydrogen-bond acceptors (Lipinski definition) is 3. The summed E-state index contributed by atoms with van der Waals surface area (Å²) >= 11 is 0. The molecule has 0 aliphatic carbocycles. The smallest absolute Gasteiger partial charge is 0.163 e. The predicted octanol–water partition coefficient (Wildman–Crippen LogP) is 2.86. The van der Waals surface area contributed by atoms with Crippen molar-refractivity contribution in [2.45, 2.75) is 39.3 Å². The molecule has 0 saturated carbocycles.